The van der Waals surface area contributed by atoms with Crippen molar-refractivity contribution in [2.24, 2.45) is 0 Å². The monoisotopic (exact) mass is 446 g/mol. The minimum atomic E-state index is -0.713. The molecule has 3 rings (SSSR count). The van der Waals surface area contributed by atoms with Gasteiger partial charge in [0.2, 0.25) is 11.0 Å². The molecular formula is C20H19ClN4O2S2. The summed E-state index contributed by atoms with van der Waals surface area (Å²) in [6.45, 7) is 0. The van der Waals surface area contributed by atoms with Crippen LogP contribution in [0, 0.1) is 0 Å². The predicted molar refractivity (Wildman–Crippen MR) is 120 cm³/mol. The summed E-state index contributed by atoms with van der Waals surface area (Å²) in [5, 5.41) is 15.1. The first kappa shape index (κ1) is 21.3. The number of thioether (sulfide) groups is 1. The molecule has 9 heteroatoms. The van der Waals surface area contributed by atoms with Crippen LogP contribution in [0.15, 0.2) is 54.6 Å². The fourth-order valence-corrected chi connectivity index (χ4v) is 3.99. The van der Waals surface area contributed by atoms with E-state index in [0.29, 0.717) is 32.9 Å². The molecule has 3 aromatic rings. The van der Waals surface area contributed by atoms with Gasteiger partial charge in [0.1, 0.15) is 11.0 Å². The molecule has 1 atom stereocenters. The van der Waals surface area contributed by atoms with Gasteiger partial charge in [0.15, 0.2) is 0 Å². The van der Waals surface area contributed by atoms with Crippen LogP contribution >= 0.6 is 34.7 Å². The van der Waals surface area contributed by atoms with Crippen LogP contribution in [0.3, 0.4) is 0 Å². The summed E-state index contributed by atoms with van der Waals surface area (Å²) in [6, 6.07) is 15.6. The van der Waals surface area contributed by atoms with E-state index < -0.39 is 6.04 Å². The number of amides is 2. The lowest BCUT2D eigenvalue weighted by molar-refractivity contribution is -0.118. The molecule has 150 valence electrons. The third-order valence-corrected chi connectivity index (χ3v) is 5.89. The smallest absolute Gasteiger partial charge is 0.253 e. The number of aromatic nitrogens is 2. The number of nitrogens with zero attached hydrogens (tertiary/aromatic N) is 2. The average Bonchev–Trinajstić information content (AvgIpc) is 3.20. The summed E-state index contributed by atoms with van der Waals surface area (Å²) in [5.41, 5.74) is 1.26. The summed E-state index contributed by atoms with van der Waals surface area (Å²) in [5.74, 6) is -0.0129. The number of anilines is 1. The summed E-state index contributed by atoms with van der Waals surface area (Å²) >= 11 is 8.97. The summed E-state index contributed by atoms with van der Waals surface area (Å²) < 4.78 is 0. The van der Waals surface area contributed by atoms with Gasteiger partial charge in [0, 0.05) is 5.56 Å². The van der Waals surface area contributed by atoms with Gasteiger partial charge in [-0.25, -0.2) is 0 Å². The first-order chi connectivity index (χ1) is 14.1. The molecule has 2 amide bonds. The van der Waals surface area contributed by atoms with Crippen molar-refractivity contribution in [3.8, 4) is 10.6 Å². The van der Waals surface area contributed by atoms with Gasteiger partial charge < -0.3 is 5.32 Å². The molecule has 1 aromatic heterocycles. The normalized spacial score (nSPS) is 11.7. The average molecular weight is 447 g/mol. The Bertz CT molecular complexity index is 981. The summed E-state index contributed by atoms with van der Waals surface area (Å²) in [4.78, 5) is 25.4. The second-order valence-corrected chi connectivity index (χ2v) is 8.43. The minimum Gasteiger partial charge on any atom is -0.340 e. The van der Waals surface area contributed by atoms with Crippen molar-refractivity contribution in [1.82, 2.24) is 15.5 Å². The number of benzene rings is 2. The van der Waals surface area contributed by atoms with E-state index in [0.717, 1.165) is 5.56 Å². The second-order valence-electron chi connectivity index (χ2n) is 6.06. The molecule has 6 nitrogen and oxygen atoms in total. The lowest BCUT2D eigenvalue weighted by atomic mass is 10.1. The quantitative estimate of drug-likeness (QED) is 0.537. The Hall–Kier alpha value is -2.42. The van der Waals surface area contributed by atoms with E-state index in [1.54, 1.807) is 36.0 Å². The molecule has 0 bridgehead atoms. The van der Waals surface area contributed by atoms with Crippen molar-refractivity contribution < 1.29 is 9.59 Å². The van der Waals surface area contributed by atoms with E-state index in [1.807, 2.05) is 36.6 Å². The van der Waals surface area contributed by atoms with Crippen LogP contribution in [0.5, 0.6) is 0 Å². The Morgan fingerprint density at radius 2 is 1.83 bits per heavy atom. The van der Waals surface area contributed by atoms with Crippen LogP contribution in [0.1, 0.15) is 16.8 Å². The highest BCUT2D eigenvalue weighted by atomic mass is 35.5. The number of carbonyl (C=O) groups is 2. The SMILES string of the molecule is CSCCC(NC(=O)c1ccccc1Cl)C(=O)Nc1nnc(-c2ccccc2)s1. The highest BCUT2D eigenvalue weighted by molar-refractivity contribution is 7.98. The Kier molecular flexibility index (Phi) is 7.62. The van der Waals surface area contributed by atoms with Gasteiger partial charge in [-0.2, -0.15) is 11.8 Å². The topological polar surface area (TPSA) is 84.0 Å². The van der Waals surface area contributed by atoms with Crippen molar-refractivity contribution in [3.05, 3.63) is 65.2 Å². The number of halogens is 1. The zero-order chi connectivity index (χ0) is 20.6. The van der Waals surface area contributed by atoms with Gasteiger partial charge in [-0.15, -0.1) is 10.2 Å². The van der Waals surface area contributed by atoms with E-state index in [9.17, 15) is 9.59 Å². The molecule has 29 heavy (non-hydrogen) atoms. The highest BCUT2D eigenvalue weighted by Crippen LogP contribution is 2.26. The predicted octanol–water partition coefficient (Wildman–Crippen LogP) is 4.35. The fourth-order valence-electron chi connectivity index (χ4n) is 2.55. The van der Waals surface area contributed by atoms with E-state index in [2.05, 4.69) is 20.8 Å². The number of hydrogen-bond acceptors (Lipinski definition) is 6. The number of hydrogen-bond donors (Lipinski definition) is 2. The third-order valence-electron chi connectivity index (χ3n) is 4.03. The van der Waals surface area contributed by atoms with Crippen LogP contribution in [0.4, 0.5) is 5.13 Å². The van der Waals surface area contributed by atoms with E-state index in [1.165, 1.54) is 11.3 Å². The zero-order valence-corrected chi connectivity index (χ0v) is 18.0. The molecule has 0 aliphatic rings. The van der Waals surface area contributed by atoms with E-state index in [-0.39, 0.29) is 11.8 Å². The molecule has 0 aliphatic heterocycles. The lowest BCUT2D eigenvalue weighted by Crippen LogP contribution is -2.44. The molecule has 0 aliphatic carbocycles. The number of rotatable bonds is 8. The highest BCUT2D eigenvalue weighted by Gasteiger charge is 2.23. The van der Waals surface area contributed by atoms with Crippen molar-refractivity contribution in [2.45, 2.75) is 12.5 Å². The van der Waals surface area contributed by atoms with Crippen molar-refractivity contribution in [1.29, 1.82) is 0 Å². The van der Waals surface area contributed by atoms with Gasteiger partial charge >= 0.3 is 0 Å². The zero-order valence-electron chi connectivity index (χ0n) is 15.6. The maximum atomic E-state index is 12.8. The molecule has 0 fully saturated rings. The van der Waals surface area contributed by atoms with Gasteiger partial charge in [0.05, 0.1) is 10.6 Å². The number of nitrogens with one attached hydrogen (secondary N) is 2. The van der Waals surface area contributed by atoms with Crippen LogP contribution in [-0.2, 0) is 4.79 Å². The first-order valence-corrected chi connectivity index (χ1v) is 11.4. The summed E-state index contributed by atoms with van der Waals surface area (Å²) in [6.07, 6.45) is 2.43. The van der Waals surface area contributed by atoms with Gasteiger partial charge in [-0.05, 0) is 30.6 Å². The molecule has 1 unspecified atom stereocenters. The fraction of sp³-hybridized carbons (Fsp3) is 0.200. The Morgan fingerprint density at radius 3 is 2.55 bits per heavy atom. The third kappa shape index (κ3) is 5.79. The van der Waals surface area contributed by atoms with Crippen LogP contribution in [-0.4, -0.2) is 40.1 Å². The van der Waals surface area contributed by atoms with Gasteiger partial charge in [-0.1, -0.05) is 65.4 Å². The van der Waals surface area contributed by atoms with Gasteiger partial charge in [0.25, 0.3) is 5.91 Å². The molecule has 1 heterocycles. The maximum Gasteiger partial charge on any atom is 0.253 e. The Labute approximate surface area is 182 Å². The molecule has 2 N–H and O–H groups in total. The van der Waals surface area contributed by atoms with Crippen LogP contribution < -0.4 is 10.6 Å². The molecule has 2 aromatic carbocycles. The second kappa shape index (κ2) is 10.4. The van der Waals surface area contributed by atoms with Crippen molar-refractivity contribution in [2.75, 3.05) is 17.3 Å². The molecule has 0 saturated carbocycles. The van der Waals surface area contributed by atoms with Gasteiger partial charge in [-0.3, -0.25) is 14.9 Å². The van der Waals surface area contributed by atoms with Crippen LogP contribution in [0.25, 0.3) is 10.6 Å². The Balaban J connectivity index is 1.70. The molecular weight excluding hydrogens is 428 g/mol. The summed E-state index contributed by atoms with van der Waals surface area (Å²) in [7, 11) is 0. The standard InChI is InChI=1S/C20H19ClN4O2S2/c1-28-12-11-16(22-17(26)14-9-5-6-10-15(14)21)18(27)23-20-25-24-19(29-20)13-7-3-2-4-8-13/h2-10,16H,11-12H2,1H3,(H,22,26)(H,23,25,27). The van der Waals surface area contributed by atoms with E-state index in [4.69, 9.17) is 11.6 Å². The minimum absolute atomic E-state index is 0.332. The van der Waals surface area contributed by atoms with Crippen molar-refractivity contribution >= 4 is 51.6 Å². The lowest BCUT2D eigenvalue weighted by Gasteiger charge is -2.17. The molecule has 0 saturated heterocycles. The molecule has 0 radical (unpaired) electrons. The number of carbonyl (C=O) groups excluding carboxylic acids is 2. The first-order valence-electron chi connectivity index (χ1n) is 8.82. The van der Waals surface area contributed by atoms with E-state index >= 15 is 0 Å². The Morgan fingerprint density at radius 1 is 1.10 bits per heavy atom. The maximum absolute atomic E-state index is 12.8. The van der Waals surface area contributed by atoms with Crippen LogP contribution in [0.2, 0.25) is 5.02 Å². The largest absolute Gasteiger partial charge is 0.340 e. The van der Waals surface area contributed by atoms with Crippen molar-refractivity contribution in [3.63, 3.8) is 0 Å². The molecule has 0 spiro atoms.